The molecule has 1 fully saturated rings. The molecule has 0 aliphatic carbocycles. The summed E-state index contributed by atoms with van der Waals surface area (Å²) in [7, 11) is 0. The van der Waals surface area contributed by atoms with Crippen molar-refractivity contribution >= 4 is 17.7 Å². The molecule has 3 rings (SSSR count). The van der Waals surface area contributed by atoms with Gasteiger partial charge in [-0.1, -0.05) is 50.2 Å². The lowest BCUT2D eigenvalue weighted by Gasteiger charge is -2.26. The first-order valence-corrected chi connectivity index (χ1v) is 9.47. The highest BCUT2D eigenvalue weighted by Crippen LogP contribution is 2.30. The fraction of sp³-hybridized carbons (Fsp3) is 0.474. The highest BCUT2D eigenvalue weighted by molar-refractivity contribution is 7.99. The Morgan fingerprint density at radius 3 is 2.38 bits per heavy atom. The van der Waals surface area contributed by atoms with E-state index >= 15 is 0 Å². The van der Waals surface area contributed by atoms with Crippen LogP contribution in [-0.2, 0) is 5.41 Å². The van der Waals surface area contributed by atoms with Crippen LogP contribution in [0.2, 0.25) is 0 Å². The van der Waals surface area contributed by atoms with Gasteiger partial charge in [0.05, 0.1) is 5.69 Å². The topological polar surface area (TPSA) is 46.3 Å². The van der Waals surface area contributed by atoms with E-state index in [4.69, 9.17) is 4.52 Å². The summed E-state index contributed by atoms with van der Waals surface area (Å²) in [5.74, 6) is 2.59. The van der Waals surface area contributed by atoms with Gasteiger partial charge in [-0.2, -0.15) is 11.8 Å². The van der Waals surface area contributed by atoms with Crippen LogP contribution in [0.3, 0.4) is 0 Å². The van der Waals surface area contributed by atoms with Crippen LogP contribution in [0.5, 0.6) is 0 Å². The van der Waals surface area contributed by atoms with E-state index in [1.165, 1.54) is 5.56 Å². The molecule has 1 amide bonds. The number of nitrogens with zero attached hydrogens (tertiary/aromatic N) is 2. The molecule has 1 saturated heterocycles. The van der Waals surface area contributed by atoms with Gasteiger partial charge in [0.2, 0.25) is 0 Å². The number of amides is 1. The fourth-order valence-electron chi connectivity index (χ4n) is 2.86. The number of rotatable bonds is 2. The molecule has 0 atom stereocenters. The quantitative estimate of drug-likeness (QED) is 0.821. The molecule has 1 aromatic heterocycles. The van der Waals surface area contributed by atoms with Gasteiger partial charge in [0.25, 0.3) is 5.91 Å². The number of aromatic nitrogens is 1. The van der Waals surface area contributed by atoms with Crippen LogP contribution in [0.25, 0.3) is 11.3 Å². The summed E-state index contributed by atoms with van der Waals surface area (Å²) in [5, 5.41) is 4.05. The summed E-state index contributed by atoms with van der Waals surface area (Å²) >= 11 is 1.89. The van der Waals surface area contributed by atoms with Gasteiger partial charge in [-0.05, 0) is 17.9 Å². The normalized spacial score (nSPS) is 15.6. The zero-order chi connectivity index (χ0) is 17.3. The van der Waals surface area contributed by atoms with Crippen LogP contribution in [0, 0.1) is 6.92 Å². The van der Waals surface area contributed by atoms with Crippen molar-refractivity contribution in [1.82, 2.24) is 10.1 Å². The second-order valence-electron chi connectivity index (χ2n) is 7.20. The summed E-state index contributed by atoms with van der Waals surface area (Å²) < 4.78 is 5.52. The third-order valence-corrected chi connectivity index (χ3v) is 5.33. The average Bonchev–Trinajstić information content (AvgIpc) is 2.96. The maximum absolute atomic E-state index is 12.9. The van der Waals surface area contributed by atoms with Crippen molar-refractivity contribution in [3.63, 3.8) is 0 Å². The molecule has 0 N–H and O–H groups in total. The maximum Gasteiger partial charge on any atom is 0.259 e. The number of hydrogen-bond donors (Lipinski definition) is 0. The molecule has 0 saturated carbocycles. The van der Waals surface area contributed by atoms with Gasteiger partial charge in [0.1, 0.15) is 5.56 Å². The summed E-state index contributed by atoms with van der Waals surface area (Å²) in [5.41, 5.74) is 3.51. The predicted octanol–water partition coefficient (Wildman–Crippen LogP) is 4.14. The van der Waals surface area contributed by atoms with Crippen LogP contribution in [-0.4, -0.2) is 40.6 Å². The molecule has 5 heteroatoms. The Balaban J connectivity index is 1.93. The van der Waals surface area contributed by atoms with E-state index < -0.39 is 0 Å². The number of carbonyl (C=O) groups is 1. The third-order valence-electron chi connectivity index (χ3n) is 4.39. The van der Waals surface area contributed by atoms with E-state index in [0.717, 1.165) is 30.2 Å². The Kier molecular flexibility index (Phi) is 4.72. The first-order chi connectivity index (χ1) is 11.4. The zero-order valence-corrected chi connectivity index (χ0v) is 15.6. The van der Waals surface area contributed by atoms with Crippen molar-refractivity contribution in [1.29, 1.82) is 0 Å². The highest BCUT2D eigenvalue weighted by Gasteiger charge is 2.27. The lowest BCUT2D eigenvalue weighted by molar-refractivity contribution is 0.0772. The Labute approximate surface area is 147 Å². The van der Waals surface area contributed by atoms with Gasteiger partial charge in [-0.3, -0.25) is 4.79 Å². The van der Waals surface area contributed by atoms with E-state index in [2.05, 4.69) is 38.1 Å². The predicted molar refractivity (Wildman–Crippen MR) is 98.6 cm³/mol. The SMILES string of the molecule is Cc1noc(-c2ccc(C(C)(C)C)cc2)c1C(=O)N1CCSCC1. The largest absolute Gasteiger partial charge is 0.355 e. The number of thioether (sulfide) groups is 1. The van der Waals surface area contributed by atoms with Crippen molar-refractivity contribution in [2.24, 2.45) is 0 Å². The molecule has 1 aliphatic rings. The zero-order valence-electron chi connectivity index (χ0n) is 14.8. The minimum Gasteiger partial charge on any atom is -0.355 e. The molecule has 0 radical (unpaired) electrons. The Bertz CT molecular complexity index is 723. The molecule has 0 spiro atoms. The monoisotopic (exact) mass is 344 g/mol. The first kappa shape index (κ1) is 17.1. The van der Waals surface area contributed by atoms with E-state index in [9.17, 15) is 4.79 Å². The van der Waals surface area contributed by atoms with E-state index in [1.54, 1.807) is 0 Å². The molecule has 2 aromatic rings. The van der Waals surface area contributed by atoms with Gasteiger partial charge in [0, 0.05) is 30.2 Å². The summed E-state index contributed by atoms with van der Waals surface area (Å²) in [6.45, 7) is 9.97. The van der Waals surface area contributed by atoms with Gasteiger partial charge in [0.15, 0.2) is 5.76 Å². The maximum atomic E-state index is 12.9. The van der Waals surface area contributed by atoms with Crippen LogP contribution >= 0.6 is 11.8 Å². The molecule has 2 heterocycles. The molecule has 128 valence electrons. The van der Waals surface area contributed by atoms with Crippen LogP contribution in [0.15, 0.2) is 28.8 Å². The van der Waals surface area contributed by atoms with E-state index in [0.29, 0.717) is 17.0 Å². The third kappa shape index (κ3) is 3.36. The number of hydrogen-bond acceptors (Lipinski definition) is 4. The standard InChI is InChI=1S/C19H24N2O2S/c1-13-16(18(22)21-9-11-24-12-10-21)17(23-20-13)14-5-7-15(8-6-14)19(2,3)4/h5-8H,9-12H2,1-4H3. The molecule has 4 nitrogen and oxygen atoms in total. The van der Waals surface area contributed by atoms with Crippen LogP contribution in [0.4, 0.5) is 0 Å². The number of benzene rings is 1. The lowest BCUT2D eigenvalue weighted by Crippen LogP contribution is -2.38. The summed E-state index contributed by atoms with van der Waals surface area (Å²) in [6.07, 6.45) is 0. The van der Waals surface area contributed by atoms with E-state index in [-0.39, 0.29) is 11.3 Å². The first-order valence-electron chi connectivity index (χ1n) is 8.32. The van der Waals surface area contributed by atoms with Crippen molar-refractivity contribution in [2.45, 2.75) is 33.1 Å². The number of carbonyl (C=O) groups excluding carboxylic acids is 1. The van der Waals surface area contributed by atoms with Gasteiger partial charge >= 0.3 is 0 Å². The van der Waals surface area contributed by atoms with Crippen molar-refractivity contribution in [3.8, 4) is 11.3 Å². The number of aryl methyl sites for hydroxylation is 1. The second-order valence-corrected chi connectivity index (χ2v) is 8.43. The van der Waals surface area contributed by atoms with E-state index in [1.807, 2.05) is 35.7 Å². The molecule has 0 unspecified atom stereocenters. The smallest absolute Gasteiger partial charge is 0.259 e. The van der Waals surface area contributed by atoms with Gasteiger partial charge in [-0.25, -0.2) is 0 Å². The molecule has 0 bridgehead atoms. The molecular formula is C19H24N2O2S. The summed E-state index contributed by atoms with van der Waals surface area (Å²) in [6, 6.07) is 8.23. The van der Waals surface area contributed by atoms with Crippen molar-refractivity contribution < 1.29 is 9.32 Å². The Morgan fingerprint density at radius 1 is 1.17 bits per heavy atom. The summed E-state index contributed by atoms with van der Waals surface area (Å²) in [4.78, 5) is 14.8. The van der Waals surface area contributed by atoms with Crippen LogP contribution in [0.1, 0.15) is 42.4 Å². The lowest BCUT2D eigenvalue weighted by atomic mass is 9.86. The van der Waals surface area contributed by atoms with Crippen molar-refractivity contribution in [2.75, 3.05) is 24.6 Å². The fourth-order valence-corrected chi connectivity index (χ4v) is 3.77. The minimum atomic E-state index is 0.0314. The van der Waals surface area contributed by atoms with Gasteiger partial charge in [-0.15, -0.1) is 0 Å². The Morgan fingerprint density at radius 2 is 1.79 bits per heavy atom. The Hall–Kier alpha value is -1.75. The minimum absolute atomic E-state index is 0.0314. The van der Waals surface area contributed by atoms with Gasteiger partial charge < -0.3 is 9.42 Å². The van der Waals surface area contributed by atoms with Crippen LogP contribution < -0.4 is 0 Å². The second kappa shape index (κ2) is 6.63. The molecular weight excluding hydrogens is 320 g/mol. The molecule has 1 aliphatic heterocycles. The molecule has 1 aromatic carbocycles. The highest BCUT2D eigenvalue weighted by atomic mass is 32.2. The molecule has 24 heavy (non-hydrogen) atoms. The average molecular weight is 344 g/mol. The van der Waals surface area contributed by atoms with Crippen molar-refractivity contribution in [3.05, 3.63) is 41.1 Å².